The summed E-state index contributed by atoms with van der Waals surface area (Å²) in [5, 5.41) is 9.51. The number of aliphatic hydroxyl groups excluding tert-OH is 1. The largest absolute Gasteiger partial charge is 0.393 e. The fraction of sp³-hybridized carbons (Fsp3) is 0.667. The first kappa shape index (κ1) is 13.2. The van der Waals surface area contributed by atoms with Crippen molar-refractivity contribution in [1.82, 2.24) is 0 Å². The van der Waals surface area contributed by atoms with Crippen molar-refractivity contribution in [3.8, 4) is 0 Å². The topological polar surface area (TPSA) is 20.2 Å². The molecule has 19 heavy (non-hydrogen) atoms. The summed E-state index contributed by atoms with van der Waals surface area (Å²) >= 11 is 0. The second kappa shape index (κ2) is 4.09. The van der Waals surface area contributed by atoms with Gasteiger partial charge < -0.3 is 5.11 Å². The van der Waals surface area contributed by atoms with Gasteiger partial charge in [-0.1, -0.05) is 45.9 Å². The number of hydrogen-bond donors (Lipinski definition) is 1. The van der Waals surface area contributed by atoms with Crippen molar-refractivity contribution < 1.29 is 5.11 Å². The fourth-order valence-electron chi connectivity index (χ4n) is 3.52. The van der Waals surface area contributed by atoms with Crippen molar-refractivity contribution in [1.29, 1.82) is 0 Å². The van der Waals surface area contributed by atoms with Gasteiger partial charge in [0.2, 0.25) is 0 Å². The van der Waals surface area contributed by atoms with Gasteiger partial charge in [-0.15, -0.1) is 0 Å². The van der Waals surface area contributed by atoms with Crippen LogP contribution in [-0.2, 0) is 17.3 Å². The number of rotatable bonds is 2. The van der Waals surface area contributed by atoms with E-state index in [9.17, 15) is 5.11 Å². The Labute approximate surface area is 117 Å². The van der Waals surface area contributed by atoms with Gasteiger partial charge in [0.25, 0.3) is 0 Å². The Bertz CT molecular complexity index is 498. The van der Waals surface area contributed by atoms with Crippen molar-refractivity contribution in [2.75, 3.05) is 0 Å². The Morgan fingerprint density at radius 2 is 1.63 bits per heavy atom. The molecule has 0 radical (unpaired) electrons. The standard InChI is InChI=1S/C18H26O/c1-17(2)7-8-18(3,4)15-10-12(5-6-14(15)17)9-13-11-16(13)19/h5-6,10,13,16,19H,7-9,11H2,1-4H3. The van der Waals surface area contributed by atoms with E-state index in [0.29, 0.717) is 16.7 Å². The zero-order valence-corrected chi connectivity index (χ0v) is 12.7. The summed E-state index contributed by atoms with van der Waals surface area (Å²) in [6.07, 6.45) is 4.54. The molecule has 2 unspecified atom stereocenters. The van der Waals surface area contributed by atoms with Crippen LogP contribution in [0.5, 0.6) is 0 Å². The third kappa shape index (κ3) is 2.33. The van der Waals surface area contributed by atoms with E-state index in [4.69, 9.17) is 0 Å². The lowest BCUT2D eigenvalue weighted by Gasteiger charge is -2.42. The number of fused-ring (bicyclic) bond motifs is 1. The molecule has 104 valence electrons. The molecule has 1 aromatic carbocycles. The van der Waals surface area contributed by atoms with E-state index >= 15 is 0 Å². The van der Waals surface area contributed by atoms with Crippen molar-refractivity contribution in [3.63, 3.8) is 0 Å². The van der Waals surface area contributed by atoms with Crippen LogP contribution in [0.2, 0.25) is 0 Å². The first-order chi connectivity index (χ1) is 8.79. The molecule has 3 rings (SSSR count). The summed E-state index contributed by atoms with van der Waals surface area (Å²) in [6.45, 7) is 9.48. The summed E-state index contributed by atoms with van der Waals surface area (Å²) in [5.74, 6) is 0.512. The van der Waals surface area contributed by atoms with E-state index in [1.165, 1.54) is 29.5 Å². The molecule has 0 spiro atoms. The van der Waals surface area contributed by atoms with Crippen LogP contribution in [0, 0.1) is 5.92 Å². The maximum Gasteiger partial charge on any atom is 0.0576 e. The van der Waals surface area contributed by atoms with E-state index in [2.05, 4.69) is 45.9 Å². The molecule has 0 aliphatic heterocycles. The molecule has 0 bridgehead atoms. The Hall–Kier alpha value is -0.820. The minimum absolute atomic E-state index is 0.0412. The number of hydrogen-bond acceptors (Lipinski definition) is 1. The minimum atomic E-state index is -0.0412. The van der Waals surface area contributed by atoms with Gasteiger partial charge in [-0.2, -0.15) is 0 Å². The van der Waals surface area contributed by atoms with Crippen LogP contribution in [0.25, 0.3) is 0 Å². The molecule has 1 aromatic rings. The third-order valence-electron chi connectivity index (χ3n) is 5.30. The highest BCUT2D eigenvalue weighted by Gasteiger charge is 2.38. The average Bonchev–Trinajstić information content (AvgIpc) is 3.01. The van der Waals surface area contributed by atoms with Crippen molar-refractivity contribution in [2.45, 2.75) is 70.3 Å². The van der Waals surface area contributed by atoms with Gasteiger partial charge in [-0.25, -0.2) is 0 Å². The van der Waals surface area contributed by atoms with E-state index in [1.807, 2.05) is 0 Å². The third-order valence-corrected chi connectivity index (χ3v) is 5.30. The molecule has 2 aliphatic rings. The lowest BCUT2D eigenvalue weighted by molar-refractivity contribution is 0.259. The van der Waals surface area contributed by atoms with E-state index in [0.717, 1.165) is 12.8 Å². The molecule has 2 atom stereocenters. The Balaban J connectivity index is 1.97. The van der Waals surface area contributed by atoms with Gasteiger partial charge in [0.1, 0.15) is 0 Å². The Morgan fingerprint density at radius 3 is 2.21 bits per heavy atom. The second-order valence-corrected chi connectivity index (χ2v) is 7.91. The molecular formula is C18H26O. The molecule has 1 saturated carbocycles. The van der Waals surface area contributed by atoms with Gasteiger partial charge in [0.15, 0.2) is 0 Å². The minimum Gasteiger partial charge on any atom is -0.393 e. The van der Waals surface area contributed by atoms with E-state index in [1.54, 1.807) is 0 Å². The lowest BCUT2D eigenvalue weighted by atomic mass is 9.63. The normalized spacial score (nSPS) is 30.8. The highest BCUT2D eigenvalue weighted by molar-refractivity contribution is 5.43. The SMILES string of the molecule is CC1(C)CCC(C)(C)c2cc(CC3CC3O)ccc21. The van der Waals surface area contributed by atoms with Crippen LogP contribution in [-0.4, -0.2) is 11.2 Å². The smallest absolute Gasteiger partial charge is 0.0576 e. The van der Waals surface area contributed by atoms with Crippen LogP contribution in [0.15, 0.2) is 18.2 Å². The van der Waals surface area contributed by atoms with E-state index in [-0.39, 0.29) is 6.10 Å². The molecule has 0 saturated heterocycles. The Morgan fingerprint density at radius 1 is 1.05 bits per heavy atom. The zero-order valence-electron chi connectivity index (χ0n) is 12.7. The maximum absolute atomic E-state index is 9.51. The van der Waals surface area contributed by atoms with Gasteiger partial charge in [-0.3, -0.25) is 0 Å². The number of aliphatic hydroxyl groups is 1. The Kier molecular flexibility index (Phi) is 2.83. The van der Waals surface area contributed by atoms with Gasteiger partial charge in [0, 0.05) is 0 Å². The quantitative estimate of drug-likeness (QED) is 0.851. The van der Waals surface area contributed by atoms with Crippen LogP contribution in [0.3, 0.4) is 0 Å². The predicted octanol–water partition coefficient (Wildman–Crippen LogP) is 3.96. The zero-order chi connectivity index (χ0) is 13.8. The summed E-state index contributed by atoms with van der Waals surface area (Å²) in [4.78, 5) is 0. The first-order valence-electron chi connectivity index (χ1n) is 7.61. The fourth-order valence-corrected chi connectivity index (χ4v) is 3.52. The molecule has 1 heteroatoms. The molecule has 2 aliphatic carbocycles. The molecule has 1 nitrogen and oxygen atoms in total. The first-order valence-corrected chi connectivity index (χ1v) is 7.61. The molecule has 0 heterocycles. The number of benzene rings is 1. The summed E-state index contributed by atoms with van der Waals surface area (Å²) in [5.41, 5.74) is 5.08. The van der Waals surface area contributed by atoms with E-state index < -0.39 is 0 Å². The highest BCUT2D eigenvalue weighted by Crippen LogP contribution is 2.46. The van der Waals surface area contributed by atoms with Crippen molar-refractivity contribution >= 4 is 0 Å². The molecule has 0 amide bonds. The maximum atomic E-state index is 9.51. The van der Waals surface area contributed by atoms with Gasteiger partial charge >= 0.3 is 0 Å². The van der Waals surface area contributed by atoms with Crippen LogP contribution in [0.4, 0.5) is 0 Å². The highest BCUT2D eigenvalue weighted by atomic mass is 16.3. The molecule has 1 N–H and O–H groups in total. The summed E-state index contributed by atoms with van der Waals surface area (Å²) in [7, 11) is 0. The monoisotopic (exact) mass is 258 g/mol. The van der Waals surface area contributed by atoms with Crippen molar-refractivity contribution in [2.24, 2.45) is 5.92 Å². The lowest BCUT2D eigenvalue weighted by Crippen LogP contribution is -2.33. The van der Waals surface area contributed by atoms with Crippen LogP contribution < -0.4 is 0 Å². The van der Waals surface area contributed by atoms with Crippen LogP contribution >= 0.6 is 0 Å². The molecule has 0 aromatic heterocycles. The van der Waals surface area contributed by atoms with Crippen LogP contribution in [0.1, 0.15) is 63.6 Å². The average molecular weight is 258 g/mol. The van der Waals surface area contributed by atoms with Crippen molar-refractivity contribution in [3.05, 3.63) is 34.9 Å². The molecule has 1 fully saturated rings. The predicted molar refractivity (Wildman–Crippen MR) is 79.5 cm³/mol. The summed E-state index contributed by atoms with van der Waals surface area (Å²) < 4.78 is 0. The summed E-state index contributed by atoms with van der Waals surface area (Å²) in [6, 6.07) is 7.05. The second-order valence-electron chi connectivity index (χ2n) is 7.91. The molecular weight excluding hydrogens is 232 g/mol. The van der Waals surface area contributed by atoms with Gasteiger partial charge in [-0.05, 0) is 59.1 Å². The van der Waals surface area contributed by atoms with Gasteiger partial charge in [0.05, 0.1) is 6.10 Å².